The number of rotatable bonds is 4. The number of ether oxygens (including phenoxy) is 1. The van der Waals surface area contributed by atoms with Gasteiger partial charge < -0.3 is 14.8 Å². The van der Waals surface area contributed by atoms with Crippen LogP contribution in [-0.4, -0.2) is 47.9 Å². The van der Waals surface area contributed by atoms with Crippen molar-refractivity contribution in [1.82, 2.24) is 9.88 Å². The molecule has 2 saturated heterocycles. The molecule has 4 heteroatoms. The van der Waals surface area contributed by atoms with Crippen LogP contribution in [0.4, 0.5) is 0 Å². The molecule has 2 aliphatic heterocycles. The Morgan fingerprint density at radius 1 is 1.53 bits per heavy atom. The van der Waals surface area contributed by atoms with Gasteiger partial charge in [0.05, 0.1) is 25.2 Å². The molecular formula is C13H20N2O2. The predicted molar refractivity (Wildman–Crippen MR) is 64.7 cm³/mol. The number of likely N-dealkylation sites (tertiary alicyclic amines) is 1. The smallest absolute Gasteiger partial charge is 0.0579 e. The number of aromatic amines is 1. The minimum atomic E-state index is -0.00478. The summed E-state index contributed by atoms with van der Waals surface area (Å²) in [6, 6.07) is 4.71. The second kappa shape index (κ2) is 4.44. The lowest BCUT2D eigenvalue weighted by Crippen LogP contribution is -2.53. The van der Waals surface area contributed by atoms with Crippen LogP contribution >= 0.6 is 0 Å². The van der Waals surface area contributed by atoms with E-state index >= 15 is 0 Å². The fourth-order valence-corrected chi connectivity index (χ4v) is 2.97. The van der Waals surface area contributed by atoms with E-state index in [9.17, 15) is 5.11 Å². The van der Waals surface area contributed by atoms with Crippen molar-refractivity contribution in [2.45, 2.75) is 18.9 Å². The van der Waals surface area contributed by atoms with Gasteiger partial charge in [-0.15, -0.1) is 0 Å². The molecule has 0 amide bonds. The molecule has 0 radical (unpaired) electrons. The minimum absolute atomic E-state index is 0.00478. The maximum absolute atomic E-state index is 9.50. The molecule has 1 atom stereocenters. The SMILES string of the molecule is OCC1(CN2CCCC2c2ccc[nH]2)COC1. The topological polar surface area (TPSA) is 48.5 Å². The summed E-state index contributed by atoms with van der Waals surface area (Å²) in [6.45, 7) is 3.73. The van der Waals surface area contributed by atoms with Crippen molar-refractivity contribution in [3.05, 3.63) is 24.0 Å². The first kappa shape index (κ1) is 11.3. The molecule has 0 bridgehead atoms. The number of aliphatic hydroxyl groups is 1. The van der Waals surface area contributed by atoms with Crippen LogP contribution in [0.5, 0.6) is 0 Å². The summed E-state index contributed by atoms with van der Waals surface area (Å²) in [5, 5.41) is 9.50. The Hall–Kier alpha value is -0.840. The van der Waals surface area contributed by atoms with Gasteiger partial charge in [-0.1, -0.05) is 0 Å². The molecule has 1 unspecified atom stereocenters. The third kappa shape index (κ3) is 2.01. The molecule has 2 fully saturated rings. The molecule has 3 rings (SSSR count). The van der Waals surface area contributed by atoms with Crippen LogP contribution in [-0.2, 0) is 4.74 Å². The van der Waals surface area contributed by atoms with Crippen LogP contribution < -0.4 is 0 Å². The van der Waals surface area contributed by atoms with Crippen molar-refractivity contribution in [2.75, 3.05) is 32.9 Å². The van der Waals surface area contributed by atoms with Gasteiger partial charge in [-0.25, -0.2) is 0 Å². The average molecular weight is 236 g/mol. The van der Waals surface area contributed by atoms with Gasteiger partial charge >= 0.3 is 0 Å². The molecule has 3 heterocycles. The highest BCUT2D eigenvalue weighted by atomic mass is 16.5. The Bertz CT molecular complexity index is 354. The molecular weight excluding hydrogens is 216 g/mol. The van der Waals surface area contributed by atoms with Gasteiger partial charge in [0.15, 0.2) is 0 Å². The number of hydrogen-bond acceptors (Lipinski definition) is 3. The van der Waals surface area contributed by atoms with Gasteiger partial charge in [0.2, 0.25) is 0 Å². The summed E-state index contributed by atoms with van der Waals surface area (Å²) in [7, 11) is 0. The van der Waals surface area contributed by atoms with Crippen LogP contribution in [0.1, 0.15) is 24.6 Å². The van der Waals surface area contributed by atoms with Crippen molar-refractivity contribution < 1.29 is 9.84 Å². The summed E-state index contributed by atoms with van der Waals surface area (Å²) in [4.78, 5) is 5.80. The van der Waals surface area contributed by atoms with E-state index in [1.54, 1.807) is 0 Å². The number of nitrogens with zero attached hydrogens (tertiary/aromatic N) is 1. The summed E-state index contributed by atoms with van der Waals surface area (Å²) in [6.07, 6.45) is 4.44. The highest BCUT2D eigenvalue weighted by molar-refractivity contribution is 5.11. The van der Waals surface area contributed by atoms with Gasteiger partial charge in [-0.2, -0.15) is 0 Å². The maximum atomic E-state index is 9.50. The van der Waals surface area contributed by atoms with Crippen LogP contribution in [0.15, 0.2) is 18.3 Å². The fourth-order valence-electron chi connectivity index (χ4n) is 2.97. The first-order chi connectivity index (χ1) is 8.33. The van der Waals surface area contributed by atoms with Gasteiger partial charge in [0, 0.05) is 24.5 Å². The van der Waals surface area contributed by atoms with E-state index in [-0.39, 0.29) is 12.0 Å². The zero-order valence-corrected chi connectivity index (χ0v) is 10.1. The first-order valence-electron chi connectivity index (χ1n) is 6.39. The van der Waals surface area contributed by atoms with Crippen LogP contribution in [0.3, 0.4) is 0 Å². The zero-order chi connectivity index (χ0) is 11.7. The molecule has 0 aromatic carbocycles. The molecule has 0 saturated carbocycles. The van der Waals surface area contributed by atoms with Crippen LogP contribution in [0.25, 0.3) is 0 Å². The average Bonchev–Trinajstić information content (AvgIpc) is 2.93. The quantitative estimate of drug-likeness (QED) is 0.824. The van der Waals surface area contributed by atoms with Crippen molar-refractivity contribution in [2.24, 2.45) is 5.41 Å². The number of aliphatic hydroxyl groups excluding tert-OH is 1. The molecule has 0 aliphatic carbocycles. The van der Waals surface area contributed by atoms with E-state index in [1.165, 1.54) is 18.5 Å². The number of aromatic nitrogens is 1. The molecule has 94 valence electrons. The number of nitrogens with one attached hydrogen (secondary N) is 1. The second-order valence-corrected chi connectivity index (χ2v) is 5.40. The molecule has 0 spiro atoms. The standard InChI is InChI=1S/C13H20N2O2/c16-8-13(9-17-10-13)7-15-6-2-4-12(15)11-3-1-5-14-11/h1,3,5,12,14,16H,2,4,6-10H2. The first-order valence-corrected chi connectivity index (χ1v) is 6.39. The fraction of sp³-hybridized carbons (Fsp3) is 0.692. The third-order valence-corrected chi connectivity index (χ3v) is 4.04. The normalized spacial score (nSPS) is 28.2. The number of H-pyrrole nitrogens is 1. The highest BCUT2D eigenvalue weighted by Gasteiger charge is 2.42. The van der Waals surface area contributed by atoms with E-state index in [0.717, 1.165) is 13.1 Å². The minimum Gasteiger partial charge on any atom is -0.396 e. The lowest BCUT2D eigenvalue weighted by Gasteiger charge is -2.43. The molecule has 1 aromatic rings. The largest absolute Gasteiger partial charge is 0.396 e. The van der Waals surface area contributed by atoms with Crippen molar-refractivity contribution in [3.8, 4) is 0 Å². The summed E-state index contributed by atoms with van der Waals surface area (Å²) >= 11 is 0. The second-order valence-electron chi connectivity index (χ2n) is 5.40. The molecule has 2 aliphatic rings. The van der Waals surface area contributed by atoms with E-state index in [1.807, 2.05) is 6.20 Å². The number of hydrogen-bond donors (Lipinski definition) is 2. The molecule has 17 heavy (non-hydrogen) atoms. The van der Waals surface area contributed by atoms with Gasteiger partial charge in [-0.3, -0.25) is 4.90 Å². The Labute approximate surface area is 102 Å². The van der Waals surface area contributed by atoms with Crippen LogP contribution in [0, 0.1) is 5.41 Å². The van der Waals surface area contributed by atoms with Crippen LogP contribution in [0.2, 0.25) is 0 Å². The molecule has 1 aromatic heterocycles. The van der Waals surface area contributed by atoms with Gasteiger partial charge in [0.1, 0.15) is 0 Å². The van der Waals surface area contributed by atoms with Gasteiger partial charge in [0.25, 0.3) is 0 Å². The van der Waals surface area contributed by atoms with Crippen molar-refractivity contribution in [3.63, 3.8) is 0 Å². The van der Waals surface area contributed by atoms with E-state index < -0.39 is 0 Å². The Morgan fingerprint density at radius 3 is 3.00 bits per heavy atom. The summed E-state index contributed by atoms with van der Waals surface area (Å²) < 4.78 is 5.27. The summed E-state index contributed by atoms with van der Waals surface area (Å²) in [5.41, 5.74) is 1.30. The van der Waals surface area contributed by atoms with Gasteiger partial charge in [-0.05, 0) is 31.5 Å². The monoisotopic (exact) mass is 236 g/mol. The van der Waals surface area contributed by atoms with Crippen molar-refractivity contribution >= 4 is 0 Å². The third-order valence-electron chi connectivity index (χ3n) is 4.04. The summed E-state index contributed by atoms with van der Waals surface area (Å²) in [5.74, 6) is 0. The molecule has 4 nitrogen and oxygen atoms in total. The Morgan fingerprint density at radius 2 is 2.41 bits per heavy atom. The lowest BCUT2D eigenvalue weighted by atomic mass is 9.86. The van der Waals surface area contributed by atoms with E-state index in [0.29, 0.717) is 19.3 Å². The van der Waals surface area contributed by atoms with Crippen molar-refractivity contribution in [1.29, 1.82) is 0 Å². The molecule has 2 N–H and O–H groups in total. The highest BCUT2D eigenvalue weighted by Crippen LogP contribution is 2.36. The Balaban J connectivity index is 1.70. The maximum Gasteiger partial charge on any atom is 0.0579 e. The van der Waals surface area contributed by atoms with E-state index in [2.05, 4.69) is 22.0 Å². The predicted octanol–water partition coefficient (Wildman–Crippen LogP) is 1.16. The van der Waals surface area contributed by atoms with E-state index in [4.69, 9.17) is 4.74 Å². The zero-order valence-electron chi connectivity index (χ0n) is 10.1. The lowest BCUT2D eigenvalue weighted by molar-refractivity contribution is -0.149. The Kier molecular flexibility index (Phi) is 2.94.